The summed E-state index contributed by atoms with van der Waals surface area (Å²) in [6.07, 6.45) is 0.688. The Bertz CT molecular complexity index is 1370. The second-order valence-electron chi connectivity index (χ2n) is 8.88. The molecule has 0 aliphatic rings. The molecule has 38 heavy (non-hydrogen) atoms. The van der Waals surface area contributed by atoms with Crippen LogP contribution in [-0.2, 0) is 26.2 Å². The fourth-order valence-corrected chi connectivity index (χ4v) is 5.38. The molecule has 0 bridgehead atoms. The lowest BCUT2D eigenvalue weighted by Gasteiger charge is -2.32. The number of sulfonamides is 1. The van der Waals surface area contributed by atoms with Crippen LogP contribution in [0.2, 0.25) is 5.02 Å². The molecule has 3 aromatic rings. The van der Waals surface area contributed by atoms with E-state index in [2.05, 4.69) is 5.32 Å². The van der Waals surface area contributed by atoms with Gasteiger partial charge in [-0.1, -0.05) is 67.1 Å². The number of carbonyl (C=O) groups is 2. The van der Waals surface area contributed by atoms with Crippen LogP contribution in [0.25, 0.3) is 0 Å². The predicted molar refractivity (Wildman–Crippen MR) is 147 cm³/mol. The number of para-hydroxylation sites is 1. The van der Waals surface area contributed by atoms with Gasteiger partial charge in [0, 0.05) is 17.6 Å². The molecule has 0 saturated heterocycles. The number of hydrogen-bond acceptors (Lipinski definition) is 4. The van der Waals surface area contributed by atoms with Crippen LogP contribution < -0.4 is 9.62 Å². The van der Waals surface area contributed by atoms with Crippen molar-refractivity contribution in [1.82, 2.24) is 10.2 Å². The van der Waals surface area contributed by atoms with Crippen molar-refractivity contribution in [2.45, 2.75) is 50.7 Å². The summed E-state index contributed by atoms with van der Waals surface area (Å²) >= 11 is 6.34. The van der Waals surface area contributed by atoms with Crippen molar-refractivity contribution >= 4 is 39.1 Å². The van der Waals surface area contributed by atoms with Crippen LogP contribution in [0, 0.1) is 5.82 Å². The molecule has 3 aromatic carbocycles. The number of nitrogens with one attached hydrogen (secondary N) is 1. The second-order valence-corrected chi connectivity index (χ2v) is 11.2. The van der Waals surface area contributed by atoms with Gasteiger partial charge < -0.3 is 10.2 Å². The third-order valence-corrected chi connectivity index (χ3v) is 8.34. The first-order valence-corrected chi connectivity index (χ1v) is 14.0. The van der Waals surface area contributed by atoms with E-state index in [1.165, 1.54) is 35.2 Å². The van der Waals surface area contributed by atoms with Crippen LogP contribution in [0.1, 0.15) is 32.8 Å². The van der Waals surface area contributed by atoms with Crippen molar-refractivity contribution in [3.8, 4) is 0 Å². The molecule has 10 heteroatoms. The van der Waals surface area contributed by atoms with Crippen molar-refractivity contribution in [2.75, 3.05) is 10.8 Å². The van der Waals surface area contributed by atoms with Crippen LogP contribution in [0.3, 0.4) is 0 Å². The van der Waals surface area contributed by atoms with Gasteiger partial charge in [-0.05, 0) is 56.2 Å². The number of rotatable bonds is 11. The molecule has 3 rings (SSSR count). The van der Waals surface area contributed by atoms with Crippen molar-refractivity contribution in [3.05, 3.63) is 95.3 Å². The number of benzene rings is 3. The summed E-state index contributed by atoms with van der Waals surface area (Å²) in [6.45, 7) is 4.54. The number of halogens is 2. The van der Waals surface area contributed by atoms with Gasteiger partial charge in [0.25, 0.3) is 10.0 Å². The van der Waals surface area contributed by atoms with Gasteiger partial charge in [0.15, 0.2) is 0 Å². The zero-order chi connectivity index (χ0) is 27.9. The third kappa shape index (κ3) is 6.90. The molecule has 0 aliphatic heterocycles. The molecule has 0 aromatic heterocycles. The Morgan fingerprint density at radius 3 is 2.18 bits per heavy atom. The Labute approximate surface area is 228 Å². The van der Waals surface area contributed by atoms with Crippen LogP contribution in [0.15, 0.2) is 83.8 Å². The highest BCUT2D eigenvalue weighted by Crippen LogP contribution is 2.27. The van der Waals surface area contributed by atoms with Gasteiger partial charge >= 0.3 is 0 Å². The Kier molecular flexibility index (Phi) is 9.88. The van der Waals surface area contributed by atoms with Crippen molar-refractivity contribution < 1.29 is 22.4 Å². The molecule has 7 nitrogen and oxygen atoms in total. The van der Waals surface area contributed by atoms with Crippen LogP contribution in [0.4, 0.5) is 10.1 Å². The molecule has 0 radical (unpaired) electrons. The normalized spacial score (nSPS) is 12.9. The van der Waals surface area contributed by atoms with Gasteiger partial charge in [0.2, 0.25) is 11.8 Å². The molecule has 202 valence electrons. The number of anilines is 1. The SMILES string of the molecule is CC[C@H](C)NC(=O)[C@H](C)N(Cc1ccccc1Cl)C(=O)CN(c1ccccc1F)S(=O)(=O)c1ccccc1. The first-order valence-electron chi connectivity index (χ1n) is 12.2. The average molecular weight is 560 g/mol. The summed E-state index contributed by atoms with van der Waals surface area (Å²) < 4.78 is 42.9. The predicted octanol–water partition coefficient (Wildman–Crippen LogP) is 5.01. The maximum Gasteiger partial charge on any atom is 0.264 e. The van der Waals surface area contributed by atoms with E-state index in [1.54, 1.807) is 49.4 Å². The largest absolute Gasteiger partial charge is 0.352 e. The van der Waals surface area contributed by atoms with Crippen LogP contribution in [-0.4, -0.2) is 43.8 Å². The number of nitrogens with zero attached hydrogens (tertiary/aromatic N) is 2. The summed E-state index contributed by atoms with van der Waals surface area (Å²) in [5.41, 5.74) is 0.299. The standard InChI is InChI=1S/C28H31ClFN3O4S/c1-4-20(2)31-28(35)21(3)32(18-22-12-8-9-15-24(22)29)27(34)19-33(26-17-11-10-16-25(26)30)38(36,37)23-13-6-5-7-14-23/h5-17,20-21H,4,18-19H2,1-3H3,(H,31,35)/t20-,21-/m0/s1. The minimum atomic E-state index is -4.34. The van der Waals surface area contributed by atoms with Crippen molar-refractivity contribution in [2.24, 2.45) is 0 Å². The van der Waals surface area contributed by atoms with E-state index in [0.29, 0.717) is 17.0 Å². The van der Waals surface area contributed by atoms with E-state index < -0.39 is 40.2 Å². The van der Waals surface area contributed by atoms with Gasteiger partial charge in [-0.25, -0.2) is 12.8 Å². The molecule has 0 aliphatic carbocycles. The molecule has 0 spiro atoms. The third-order valence-electron chi connectivity index (χ3n) is 6.20. The zero-order valence-electron chi connectivity index (χ0n) is 21.5. The van der Waals surface area contributed by atoms with Gasteiger partial charge in [0.05, 0.1) is 10.6 Å². The lowest BCUT2D eigenvalue weighted by Crippen LogP contribution is -2.52. The summed E-state index contributed by atoms with van der Waals surface area (Å²) in [7, 11) is -4.34. The smallest absolute Gasteiger partial charge is 0.264 e. The average Bonchev–Trinajstić information content (AvgIpc) is 2.91. The van der Waals surface area contributed by atoms with E-state index in [0.717, 1.165) is 10.4 Å². The summed E-state index contributed by atoms with van der Waals surface area (Å²) in [4.78, 5) is 28.0. The molecular formula is C28H31ClFN3O4S. The van der Waals surface area contributed by atoms with E-state index >= 15 is 0 Å². The Morgan fingerprint density at radius 1 is 0.947 bits per heavy atom. The summed E-state index contributed by atoms with van der Waals surface area (Å²) in [5, 5.41) is 3.25. The van der Waals surface area contributed by atoms with Gasteiger partial charge in [-0.15, -0.1) is 0 Å². The Balaban J connectivity index is 2.04. The molecule has 2 atom stereocenters. The first kappa shape index (κ1) is 29.1. The maximum absolute atomic E-state index is 14.9. The van der Waals surface area contributed by atoms with E-state index in [1.807, 2.05) is 13.8 Å². The minimum Gasteiger partial charge on any atom is -0.352 e. The molecular weight excluding hydrogens is 529 g/mol. The van der Waals surface area contributed by atoms with E-state index in [-0.39, 0.29) is 23.2 Å². The first-order chi connectivity index (χ1) is 18.1. The lowest BCUT2D eigenvalue weighted by atomic mass is 10.1. The van der Waals surface area contributed by atoms with Gasteiger partial charge in [0.1, 0.15) is 18.4 Å². The quantitative estimate of drug-likeness (QED) is 0.358. The lowest BCUT2D eigenvalue weighted by molar-refractivity contribution is -0.139. The van der Waals surface area contributed by atoms with E-state index in [4.69, 9.17) is 11.6 Å². The number of amides is 2. The summed E-state index contributed by atoms with van der Waals surface area (Å²) in [6, 6.07) is 18.6. The van der Waals surface area contributed by atoms with Crippen molar-refractivity contribution in [3.63, 3.8) is 0 Å². The molecule has 0 heterocycles. The molecule has 1 N–H and O–H groups in total. The van der Waals surface area contributed by atoms with Gasteiger partial charge in [-0.2, -0.15) is 0 Å². The van der Waals surface area contributed by atoms with Crippen LogP contribution >= 0.6 is 11.6 Å². The monoisotopic (exact) mass is 559 g/mol. The second kappa shape index (κ2) is 12.9. The van der Waals surface area contributed by atoms with Crippen LogP contribution in [0.5, 0.6) is 0 Å². The topological polar surface area (TPSA) is 86.8 Å². The fraction of sp³-hybridized carbons (Fsp3) is 0.286. The van der Waals surface area contributed by atoms with Crippen molar-refractivity contribution in [1.29, 1.82) is 0 Å². The molecule has 0 fully saturated rings. The Morgan fingerprint density at radius 2 is 1.55 bits per heavy atom. The zero-order valence-corrected chi connectivity index (χ0v) is 23.0. The number of carbonyl (C=O) groups excluding carboxylic acids is 2. The Hall–Kier alpha value is -3.43. The summed E-state index contributed by atoms with van der Waals surface area (Å²) in [5.74, 6) is -1.90. The molecule has 0 unspecified atom stereocenters. The fourth-order valence-electron chi connectivity index (χ4n) is 3.75. The molecule has 0 saturated carbocycles. The van der Waals surface area contributed by atoms with E-state index in [9.17, 15) is 22.4 Å². The highest BCUT2D eigenvalue weighted by molar-refractivity contribution is 7.92. The molecule has 2 amide bonds. The minimum absolute atomic E-state index is 0.0515. The van der Waals surface area contributed by atoms with Gasteiger partial charge in [-0.3, -0.25) is 13.9 Å². The highest BCUT2D eigenvalue weighted by Gasteiger charge is 2.34. The maximum atomic E-state index is 14.9. The number of hydrogen-bond donors (Lipinski definition) is 1. The highest BCUT2D eigenvalue weighted by atomic mass is 35.5.